The van der Waals surface area contributed by atoms with Crippen LogP contribution < -0.4 is 5.43 Å². The summed E-state index contributed by atoms with van der Waals surface area (Å²) in [7, 11) is -3.89. The van der Waals surface area contributed by atoms with Crippen molar-refractivity contribution < 1.29 is 13.2 Å². The van der Waals surface area contributed by atoms with Gasteiger partial charge in [0.2, 0.25) is 10.0 Å². The minimum Gasteiger partial charge on any atom is -0.318 e. The van der Waals surface area contributed by atoms with E-state index in [1.54, 1.807) is 24.3 Å². The Kier molecular flexibility index (Phi) is 9.24. The second-order valence-electron chi connectivity index (χ2n) is 8.97. The molecule has 1 heterocycles. The molecule has 0 spiro atoms. The number of nitrogens with one attached hydrogen (secondary N) is 1. The predicted octanol–water partition coefficient (Wildman–Crippen LogP) is 5.78. The van der Waals surface area contributed by atoms with Gasteiger partial charge in [0.1, 0.15) is 0 Å². The average molecular weight is 584 g/mol. The van der Waals surface area contributed by atoms with Crippen LogP contribution in [-0.2, 0) is 21.2 Å². The molecule has 0 saturated heterocycles. The van der Waals surface area contributed by atoms with Crippen molar-refractivity contribution in [2.24, 2.45) is 5.10 Å². The monoisotopic (exact) mass is 582 g/mol. The van der Waals surface area contributed by atoms with Gasteiger partial charge in [0.25, 0.3) is 5.91 Å². The normalized spacial score (nSPS) is 11.8. The zero-order valence-corrected chi connectivity index (χ0v) is 23.8. The highest BCUT2D eigenvalue weighted by Gasteiger charge is 2.26. The summed E-state index contributed by atoms with van der Waals surface area (Å²) < 4.78 is 29.8. The van der Waals surface area contributed by atoms with Crippen LogP contribution in [0.4, 0.5) is 0 Å². The molecule has 7 nitrogen and oxygen atoms in total. The maximum Gasteiger partial charge on any atom is 0.255 e. The van der Waals surface area contributed by atoms with Gasteiger partial charge in [-0.15, -0.1) is 0 Å². The Morgan fingerprint density at radius 2 is 1.56 bits per heavy atom. The first-order chi connectivity index (χ1) is 18.6. The standard InChI is InChI=1S/C29H28Cl2N4O3S/c1-21-15-24(22(2)35(21)27-17-25(30)16-26(31)18-27)19-32-33-29(36)20-34(14-13-23-9-5-3-6-10-23)39(37,38)28-11-7-4-8-12-28/h3-12,15-19H,13-14,20H2,1-2H3,(H,33,36)/b32-19-. The van der Waals surface area contributed by atoms with Gasteiger partial charge in [-0.3, -0.25) is 4.79 Å². The minimum atomic E-state index is -3.89. The Bertz CT molecular complexity index is 1570. The van der Waals surface area contributed by atoms with Gasteiger partial charge in [-0.2, -0.15) is 9.41 Å². The van der Waals surface area contributed by atoms with Gasteiger partial charge in [0.05, 0.1) is 17.7 Å². The number of carbonyl (C=O) groups excluding carboxylic acids is 1. The van der Waals surface area contributed by atoms with Crippen molar-refractivity contribution in [1.29, 1.82) is 0 Å². The lowest BCUT2D eigenvalue weighted by Gasteiger charge is -2.21. The summed E-state index contributed by atoms with van der Waals surface area (Å²) in [6, 6.07) is 24.8. The number of amides is 1. The van der Waals surface area contributed by atoms with E-state index in [9.17, 15) is 13.2 Å². The molecule has 1 N–H and O–H groups in total. The maximum absolute atomic E-state index is 13.3. The van der Waals surface area contributed by atoms with Crippen molar-refractivity contribution in [2.45, 2.75) is 25.2 Å². The van der Waals surface area contributed by atoms with Crippen LogP contribution in [0.25, 0.3) is 5.69 Å². The molecule has 0 bridgehead atoms. The summed E-state index contributed by atoms with van der Waals surface area (Å²) in [5, 5.41) is 5.15. The Morgan fingerprint density at radius 1 is 0.949 bits per heavy atom. The van der Waals surface area contributed by atoms with E-state index >= 15 is 0 Å². The molecule has 0 saturated carbocycles. The van der Waals surface area contributed by atoms with Gasteiger partial charge >= 0.3 is 0 Å². The van der Waals surface area contributed by atoms with Gasteiger partial charge in [0, 0.05) is 39.2 Å². The molecule has 0 aliphatic carbocycles. The fraction of sp³-hybridized carbons (Fsp3) is 0.172. The van der Waals surface area contributed by atoms with E-state index in [1.807, 2.05) is 66.9 Å². The molecule has 0 unspecified atom stereocenters. The molecule has 4 aromatic rings. The third-order valence-electron chi connectivity index (χ3n) is 6.16. The van der Waals surface area contributed by atoms with E-state index in [2.05, 4.69) is 10.5 Å². The van der Waals surface area contributed by atoms with Gasteiger partial charge in [-0.1, -0.05) is 71.7 Å². The number of sulfonamides is 1. The third kappa shape index (κ3) is 7.16. The number of aryl methyl sites for hydroxylation is 1. The fourth-order valence-electron chi connectivity index (χ4n) is 4.28. The molecule has 0 radical (unpaired) electrons. The average Bonchev–Trinajstić information content (AvgIpc) is 3.19. The number of carbonyl (C=O) groups is 1. The summed E-state index contributed by atoms with van der Waals surface area (Å²) in [5.74, 6) is -0.547. The lowest BCUT2D eigenvalue weighted by atomic mass is 10.1. The van der Waals surface area contributed by atoms with Crippen molar-refractivity contribution in [3.8, 4) is 5.69 Å². The zero-order valence-electron chi connectivity index (χ0n) is 21.5. The number of aromatic nitrogens is 1. The van der Waals surface area contributed by atoms with Crippen LogP contribution in [0.1, 0.15) is 22.5 Å². The summed E-state index contributed by atoms with van der Waals surface area (Å²) in [6.45, 7) is 3.63. The Hall–Kier alpha value is -3.43. The Labute approximate surface area is 238 Å². The molecule has 3 aromatic carbocycles. The van der Waals surface area contributed by atoms with Crippen molar-refractivity contribution in [3.05, 3.63) is 117 Å². The molecule has 0 aliphatic heterocycles. The second kappa shape index (κ2) is 12.6. The number of hydrogen-bond acceptors (Lipinski definition) is 4. The highest BCUT2D eigenvalue weighted by Crippen LogP contribution is 2.26. The van der Waals surface area contributed by atoms with Crippen LogP contribution in [-0.4, -0.2) is 42.5 Å². The van der Waals surface area contributed by atoms with Gasteiger partial charge in [0.15, 0.2) is 0 Å². The third-order valence-corrected chi connectivity index (χ3v) is 8.46. The van der Waals surface area contributed by atoms with Gasteiger partial charge in [-0.25, -0.2) is 13.8 Å². The smallest absolute Gasteiger partial charge is 0.255 e. The molecular formula is C29H28Cl2N4O3S. The number of hydrogen-bond donors (Lipinski definition) is 1. The van der Waals surface area contributed by atoms with Crippen molar-refractivity contribution >= 4 is 45.3 Å². The number of halogens is 2. The summed E-state index contributed by atoms with van der Waals surface area (Å²) >= 11 is 12.4. The van der Waals surface area contributed by atoms with E-state index < -0.39 is 15.9 Å². The topological polar surface area (TPSA) is 83.8 Å². The van der Waals surface area contributed by atoms with Gasteiger partial charge < -0.3 is 4.57 Å². The lowest BCUT2D eigenvalue weighted by Crippen LogP contribution is -2.40. The number of benzene rings is 3. The summed E-state index contributed by atoms with van der Waals surface area (Å²) in [4.78, 5) is 12.9. The SMILES string of the molecule is Cc1cc(/C=N\NC(=O)CN(CCc2ccccc2)S(=O)(=O)c2ccccc2)c(C)n1-c1cc(Cl)cc(Cl)c1. The zero-order chi connectivity index (χ0) is 28.0. The van der Waals surface area contributed by atoms with Crippen LogP contribution in [0.15, 0.2) is 94.9 Å². The van der Waals surface area contributed by atoms with Crippen molar-refractivity contribution in [1.82, 2.24) is 14.3 Å². The molecule has 4 rings (SSSR count). The van der Waals surface area contributed by atoms with E-state index in [-0.39, 0.29) is 18.0 Å². The lowest BCUT2D eigenvalue weighted by molar-refractivity contribution is -0.121. The maximum atomic E-state index is 13.3. The molecule has 0 fully saturated rings. The number of hydrazone groups is 1. The minimum absolute atomic E-state index is 0.128. The van der Waals surface area contributed by atoms with E-state index in [0.717, 1.165) is 28.2 Å². The quantitative estimate of drug-likeness (QED) is 0.190. The highest BCUT2D eigenvalue weighted by atomic mass is 35.5. The molecule has 0 atom stereocenters. The van der Waals surface area contributed by atoms with E-state index in [1.165, 1.54) is 22.7 Å². The second-order valence-corrected chi connectivity index (χ2v) is 11.8. The predicted molar refractivity (Wildman–Crippen MR) is 156 cm³/mol. The number of rotatable bonds is 10. The van der Waals surface area contributed by atoms with E-state index in [4.69, 9.17) is 23.2 Å². The number of nitrogens with zero attached hydrogens (tertiary/aromatic N) is 3. The van der Waals surface area contributed by atoms with Crippen LogP contribution in [0.3, 0.4) is 0 Å². The molecule has 1 aromatic heterocycles. The first-order valence-corrected chi connectivity index (χ1v) is 14.4. The van der Waals surface area contributed by atoms with E-state index in [0.29, 0.717) is 16.5 Å². The molecule has 202 valence electrons. The Morgan fingerprint density at radius 3 is 2.21 bits per heavy atom. The van der Waals surface area contributed by atoms with Crippen LogP contribution in [0.2, 0.25) is 10.0 Å². The molecule has 0 aliphatic rings. The molecule has 39 heavy (non-hydrogen) atoms. The van der Waals surface area contributed by atoms with Gasteiger partial charge in [-0.05, 0) is 62.2 Å². The molecular weight excluding hydrogens is 555 g/mol. The fourth-order valence-corrected chi connectivity index (χ4v) is 6.21. The summed E-state index contributed by atoms with van der Waals surface area (Å²) in [6.07, 6.45) is 1.99. The van der Waals surface area contributed by atoms with Crippen LogP contribution in [0, 0.1) is 13.8 Å². The molecule has 1 amide bonds. The van der Waals surface area contributed by atoms with Crippen LogP contribution in [0.5, 0.6) is 0 Å². The summed E-state index contributed by atoms with van der Waals surface area (Å²) in [5.41, 5.74) is 6.84. The largest absolute Gasteiger partial charge is 0.318 e. The Balaban J connectivity index is 1.49. The van der Waals surface area contributed by atoms with Crippen molar-refractivity contribution in [2.75, 3.05) is 13.1 Å². The first kappa shape index (κ1) is 28.6. The molecule has 10 heteroatoms. The first-order valence-electron chi connectivity index (χ1n) is 12.2. The van der Waals surface area contributed by atoms with Crippen molar-refractivity contribution in [3.63, 3.8) is 0 Å². The van der Waals surface area contributed by atoms with Crippen LogP contribution >= 0.6 is 23.2 Å². The highest BCUT2D eigenvalue weighted by molar-refractivity contribution is 7.89.